The zero-order chi connectivity index (χ0) is 25.1. The van der Waals surface area contributed by atoms with Gasteiger partial charge in [0.1, 0.15) is 4.75 Å². The molecule has 0 radical (unpaired) electrons. The molecular formula is C29H46N2O3S. The van der Waals surface area contributed by atoms with Gasteiger partial charge in [-0.3, -0.25) is 4.79 Å². The largest absolute Gasteiger partial charge is 0.480 e. The number of carbonyl (C=O) groups is 2. The van der Waals surface area contributed by atoms with Gasteiger partial charge in [0.05, 0.1) is 0 Å². The average Bonchev–Trinajstić information content (AvgIpc) is 2.86. The summed E-state index contributed by atoms with van der Waals surface area (Å²) in [6.07, 6.45) is 17.6. The quantitative estimate of drug-likeness (QED) is 0.233. The van der Waals surface area contributed by atoms with Crippen molar-refractivity contribution in [3.05, 3.63) is 29.8 Å². The first-order valence-corrected chi connectivity index (χ1v) is 14.7. The molecule has 0 spiro atoms. The normalized spacial score (nSPS) is 17.8. The lowest BCUT2D eigenvalue weighted by molar-refractivity contribution is -0.138. The molecule has 2 N–H and O–H groups in total. The molecule has 0 unspecified atom stereocenters. The fourth-order valence-electron chi connectivity index (χ4n) is 5.51. The Morgan fingerprint density at radius 1 is 0.971 bits per heavy atom. The van der Waals surface area contributed by atoms with E-state index in [0.29, 0.717) is 12.6 Å². The Bertz CT molecular complexity index is 784. The van der Waals surface area contributed by atoms with Crippen LogP contribution in [0.4, 0.5) is 4.79 Å². The minimum absolute atomic E-state index is 0.102. The van der Waals surface area contributed by atoms with E-state index < -0.39 is 10.7 Å². The highest BCUT2D eigenvalue weighted by Crippen LogP contribution is 2.33. The molecule has 2 saturated carbocycles. The van der Waals surface area contributed by atoms with Gasteiger partial charge in [0.25, 0.3) is 0 Å². The first kappa shape index (κ1) is 27.9. The lowest BCUT2D eigenvalue weighted by Crippen LogP contribution is -2.47. The zero-order valence-corrected chi connectivity index (χ0v) is 22.7. The second-order valence-corrected chi connectivity index (χ2v) is 12.7. The Morgan fingerprint density at radius 2 is 1.60 bits per heavy atom. The number of benzene rings is 1. The molecule has 0 heterocycles. The van der Waals surface area contributed by atoms with Crippen LogP contribution in [0, 0.1) is 5.92 Å². The molecular weight excluding hydrogens is 456 g/mol. The van der Waals surface area contributed by atoms with E-state index in [4.69, 9.17) is 0 Å². The van der Waals surface area contributed by atoms with Gasteiger partial charge in [0, 0.05) is 24.0 Å². The summed E-state index contributed by atoms with van der Waals surface area (Å²) in [5.41, 5.74) is 1.15. The molecule has 1 aromatic carbocycles. The Labute approximate surface area is 216 Å². The van der Waals surface area contributed by atoms with Gasteiger partial charge in [0.2, 0.25) is 0 Å². The predicted molar refractivity (Wildman–Crippen MR) is 145 cm³/mol. The van der Waals surface area contributed by atoms with Gasteiger partial charge in [-0.15, -0.1) is 11.8 Å². The van der Waals surface area contributed by atoms with Crippen LogP contribution in [0.3, 0.4) is 0 Å². The maximum atomic E-state index is 13.2. The van der Waals surface area contributed by atoms with Gasteiger partial charge < -0.3 is 15.3 Å². The maximum absolute atomic E-state index is 13.2. The van der Waals surface area contributed by atoms with Crippen molar-refractivity contribution in [2.75, 3.05) is 13.1 Å². The van der Waals surface area contributed by atoms with Gasteiger partial charge in [-0.2, -0.15) is 0 Å². The van der Waals surface area contributed by atoms with Crippen molar-refractivity contribution < 1.29 is 14.7 Å². The van der Waals surface area contributed by atoms with E-state index in [1.807, 2.05) is 24.3 Å². The summed E-state index contributed by atoms with van der Waals surface area (Å²) in [6, 6.07) is 8.53. The summed E-state index contributed by atoms with van der Waals surface area (Å²) in [5.74, 6) is 0.103. The Balaban J connectivity index is 1.44. The number of urea groups is 1. The Hall–Kier alpha value is -1.69. The number of carboxylic acids is 1. The van der Waals surface area contributed by atoms with E-state index >= 15 is 0 Å². The third kappa shape index (κ3) is 9.36. The number of aliphatic carboxylic acids is 1. The average molecular weight is 503 g/mol. The van der Waals surface area contributed by atoms with Crippen LogP contribution in [0.25, 0.3) is 0 Å². The van der Waals surface area contributed by atoms with Crippen molar-refractivity contribution in [1.82, 2.24) is 10.2 Å². The van der Waals surface area contributed by atoms with E-state index in [1.54, 1.807) is 13.8 Å². The molecule has 6 heteroatoms. The molecule has 0 bridgehead atoms. The lowest BCUT2D eigenvalue weighted by atomic mass is 9.86. The third-order valence-corrected chi connectivity index (χ3v) is 8.96. The number of amides is 2. The first-order chi connectivity index (χ1) is 16.8. The minimum Gasteiger partial charge on any atom is -0.480 e. The number of unbranched alkanes of at least 4 members (excludes halogenated alkanes) is 1. The summed E-state index contributed by atoms with van der Waals surface area (Å²) in [5, 5.41) is 12.5. The van der Waals surface area contributed by atoms with Crippen LogP contribution < -0.4 is 5.32 Å². The molecule has 0 aliphatic heterocycles. The molecule has 0 atom stereocenters. The fraction of sp³-hybridized carbons (Fsp3) is 0.724. The summed E-state index contributed by atoms with van der Waals surface area (Å²) in [7, 11) is 0. The van der Waals surface area contributed by atoms with Gasteiger partial charge in [0.15, 0.2) is 0 Å². The van der Waals surface area contributed by atoms with Gasteiger partial charge >= 0.3 is 12.0 Å². The molecule has 0 saturated heterocycles. The van der Waals surface area contributed by atoms with E-state index in [0.717, 1.165) is 48.6 Å². The molecule has 0 aromatic heterocycles. The lowest BCUT2D eigenvalue weighted by Gasteiger charge is -2.34. The second kappa shape index (κ2) is 14.2. The van der Waals surface area contributed by atoms with Crippen LogP contribution in [0.5, 0.6) is 0 Å². The molecule has 2 fully saturated rings. The highest BCUT2D eigenvalue weighted by atomic mass is 32.2. The zero-order valence-electron chi connectivity index (χ0n) is 21.9. The standard InChI is InChI=1S/C29H46N2O3S/c1-29(2,27(32)33)35-26-18-16-24(17-19-26)20-21-30-28(34)31(25-14-7-4-8-15-25)22-10-9-13-23-11-5-3-6-12-23/h16-19,23,25H,3-15,20-22H2,1-2H3,(H,30,34)(H,32,33). The highest BCUT2D eigenvalue weighted by molar-refractivity contribution is 8.01. The summed E-state index contributed by atoms with van der Waals surface area (Å²) >= 11 is 1.35. The van der Waals surface area contributed by atoms with E-state index in [9.17, 15) is 14.7 Å². The third-order valence-electron chi connectivity index (χ3n) is 7.76. The fourth-order valence-corrected chi connectivity index (χ4v) is 6.46. The smallest absolute Gasteiger partial charge is 0.319 e. The topological polar surface area (TPSA) is 69.6 Å². The van der Waals surface area contributed by atoms with Crippen molar-refractivity contribution in [2.45, 2.75) is 119 Å². The predicted octanol–water partition coefficient (Wildman–Crippen LogP) is 7.28. The number of nitrogens with one attached hydrogen (secondary N) is 1. The summed E-state index contributed by atoms with van der Waals surface area (Å²) in [6.45, 7) is 4.95. The molecule has 35 heavy (non-hydrogen) atoms. The molecule has 196 valence electrons. The second-order valence-electron chi connectivity index (χ2n) is 11.0. The van der Waals surface area contributed by atoms with Gasteiger partial charge in [-0.25, -0.2) is 4.79 Å². The van der Waals surface area contributed by atoms with Gasteiger partial charge in [-0.1, -0.05) is 76.3 Å². The van der Waals surface area contributed by atoms with E-state index in [-0.39, 0.29) is 6.03 Å². The number of hydrogen-bond acceptors (Lipinski definition) is 3. The van der Waals surface area contributed by atoms with Gasteiger partial charge in [-0.05, 0) is 63.1 Å². The van der Waals surface area contributed by atoms with E-state index in [2.05, 4.69) is 10.2 Å². The number of carbonyl (C=O) groups excluding carboxylic acids is 1. The SMILES string of the molecule is CC(C)(Sc1ccc(CCNC(=O)N(CCCCC2CCCCC2)C2CCCCC2)cc1)C(=O)O. The van der Waals surface area contributed by atoms with Crippen molar-refractivity contribution in [1.29, 1.82) is 0 Å². The molecule has 2 amide bonds. The van der Waals surface area contributed by atoms with Crippen molar-refractivity contribution in [3.63, 3.8) is 0 Å². The molecule has 1 aromatic rings. The summed E-state index contributed by atoms with van der Waals surface area (Å²) in [4.78, 5) is 27.6. The van der Waals surface area contributed by atoms with Crippen LogP contribution in [0.15, 0.2) is 29.2 Å². The number of rotatable bonds is 12. The minimum atomic E-state index is -0.853. The van der Waals surface area contributed by atoms with Crippen molar-refractivity contribution in [3.8, 4) is 0 Å². The number of thioether (sulfide) groups is 1. The van der Waals surface area contributed by atoms with E-state index in [1.165, 1.54) is 76.0 Å². The number of nitrogens with zero attached hydrogens (tertiary/aromatic N) is 1. The van der Waals surface area contributed by atoms with Crippen LogP contribution in [-0.2, 0) is 11.2 Å². The van der Waals surface area contributed by atoms with Crippen molar-refractivity contribution in [2.24, 2.45) is 5.92 Å². The van der Waals surface area contributed by atoms with Crippen LogP contribution in [-0.4, -0.2) is 45.9 Å². The summed E-state index contributed by atoms with van der Waals surface area (Å²) < 4.78 is -0.853. The van der Waals surface area contributed by atoms with Crippen LogP contribution in [0.2, 0.25) is 0 Å². The van der Waals surface area contributed by atoms with Crippen LogP contribution >= 0.6 is 11.8 Å². The molecule has 3 rings (SSSR count). The van der Waals surface area contributed by atoms with Crippen LogP contribution in [0.1, 0.15) is 103 Å². The highest BCUT2D eigenvalue weighted by Gasteiger charge is 2.28. The molecule has 2 aliphatic rings. The number of hydrogen-bond donors (Lipinski definition) is 2. The Kier molecular flexibility index (Phi) is 11.3. The maximum Gasteiger partial charge on any atom is 0.319 e. The molecule has 2 aliphatic carbocycles. The monoisotopic (exact) mass is 502 g/mol. The first-order valence-electron chi connectivity index (χ1n) is 13.9. The molecule has 5 nitrogen and oxygen atoms in total. The Morgan fingerprint density at radius 3 is 2.23 bits per heavy atom. The van der Waals surface area contributed by atoms with Crippen molar-refractivity contribution >= 4 is 23.8 Å². The number of carboxylic acid groups (broad SMARTS) is 1.